The van der Waals surface area contributed by atoms with E-state index >= 15 is 0 Å². The molecule has 0 aromatic carbocycles. The summed E-state index contributed by atoms with van der Waals surface area (Å²) >= 11 is 0. The molecule has 0 bridgehead atoms. The van der Waals surface area contributed by atoms with E-state index in [0.29, 0.717) is 12.0 Å². The zero-order chi connectivity index (χ0) is 10.1. The maximum Gasteiger partial charge on any atom is 0.237 e. The molecule has 1 heterocycles. The predicted molar refractivity (Wildman–Crippen MR) is 55.9 cm³/mol. The Balaban J connectivity index is 1.89. The monoisotopic (exact) mass is 196 g/mol. The molecule has 1 aliphatic carbocycles. The van der Waals surface area contributed by atoms with Crippen molar-refractivity contribution in [3.05, 3.63) is 0 Å². The number of hydrogen-bond donors (Lipinski definition) is 2. The molecule has 2 N–H and O–H groups in total. The Kier molecular flexibility index (Phi) is 2.77. The lowest BCUT2D eigenvalue weighted by Gasteiger charge is -2.31. The van der Waals surface area contributed by atoms with E-state index in [2.05, 4.69) is 24.5 Å². The molecule has 0 aromatic rings. The fourth-order valence-corrected chi connectivity index (χ4v) is 2.21. The molecule has 1 saturated carbocycles. The molecule has 3 atom stereocenters. The molecule has 1 aliphatic heterocycles. The van der Waals surface area contributed by atoms with E-state index in [9.17, 15) is 4.79 Å². The van der Waals surface area contributed by atoms with Crippen LogP contribution in [0.3, 0.4) is 0 Å². The number of carbonyl (C=O) groups excluding carboxylic acids is 1. The van der Waals surface area contributed by atoms with Gasteiger partial charge in [0.1, 0.15) is 0 Å². The zero-order valence-electron chi connectivity index (χ0n) is 9.05. The van der Waals surface area contributed by atoms with Crippen LogP contribution in [0.2, 0.25) is 0 Å². The summed E-state index contributed by atoms with van der Waals surface area (Å²) < 4.78 is 0. The summed E-state index contributed by atoms with van der Waals surface area (Å²) in [6, 6.07) is 0.547. The van der Waals surface area contributed by atoms with Crippen LogP contribution >= 0.6 is 0 Å². The standard InChI is InChI=1S/C11H20N2O/c1-7-5-6-12-11(14)10(7)13-8(2)9-3-4-9/h7-10,13H,3-6H2,1-2H3,(H,12,14). The van der Waals surface area contributed by atoms with Gasteiger partial charge in [-0.15, -0.1) is 0 Å². The summed E-state index contributed by atoms with van der Waals surface area (Å²) in [4.78, 5) is 11.6. The molecule has 3 nitrogen and oxygen atoms in total. The Morgan fingerprint density at radius 1 is 1.43 bits per heavy atom. The van der Waals surface area contributed by atoms with Crippen LogP contribution in [0.4, 0.5) is 0 Å². The van der Waals surface area contributed by atoms with Gasteiger partial charge in [0, 0.05) is 12.6 Å². The Morgan fingerprint density at radius 3 is 2.71 bits per heavy atom. The highest BCUT2D eigenvalue weighted by molar-refractivity contribution is 5.82. The average molecular weight is 196 g/mol. The van der Waals surface area contributed by atoms with Crippen LogP contribution in [-0.4, -0.2) is 24.5 Å². The third kappa shape index (κ3) is 2.08. The van der Waals surface area contributed by atoms with E-state index in [0.717, 1.165) is 18.9 Å². The van der Waals surface area contributed by atoms with Crippen molar-refractivity contribution in [2.24, 2.45) is 11.8 Å². The summed E-state index contributed by atoms with van der Waals surface area (Å²) in [6.45, 7) is 5.21. The van der Waals surface area contributed by atoms with Gasteiger partial charge in [-0.3, -0.25) is 4.79 Å². The topological polar surface area (TPSA) is 41.1 Å². The first-order valence-electron chi connectivity index (χ1n) is 5.72. The van der Waals surface area contributed by atoms with Crippen molar-refractivity contribution in [2.45, 2.75) is 45.2 Å². The minimum atomic E-state index is 0.0411. The summed E-state index contributed by atoms with van der Waals surface area (Å²) in [5.41, 5.74) is 0. The van der Waals surface area contributed by atoms with Gasteiger partial charge < -0.3 is 10.6 Å². The maximum atomic E-state index is 11.6. The van der Waals surface area contributed by atoms with E-state index in [-0.39, 0.29) is 11.9 Å². The SMILES string of the molecule is CC1CCNC(=O)C1NC(C)C1CC1. The Morgan fingerprint density at radius 2 is 2.14 bits per heavy atom. The van der Waals surface area contributed by atoms with Gasteiger partial charge in [-0.2, -0.15) is 0 Å². The fraction of sp³-hybridized carbons (Fsp3) is 0.909. The van der Waals surface area contributed by atoms with Crippen LogP contribution in [0.25, 0.3) is 0 Å². The van der Waals surface area contributed by atoms with Gasteiger partial charge in [0.05, 0.1) is 6.04 Å². The zero-order valence-corrected chi connectivity index (χ0v) is 9.05. The molecule has 80 valence electrons. The summed E-state index contributed by atoms with van der Waals surface area (Å²) in [6.07, 6.45) is 3.76. The lowest BCUT2D eigenvalue weighted by atomic mass is 9.93. The van der Waals surface area contributed by atoms with Gasteiger partial charge in [-0.05, 0) is 38.0 Å². The number of amides is 1. The van der Waals surface area contributed by atoms with Crippen molar-refractivity contribution in [2.75, 3.05) is 6.54 Å². The summed E-state index contributed by atoms with van der Waals surface area (Å²) in [5, 5.41) is 6.39. The first kappa shape index (κ1) is 9.97. The third-order valence-corrected chi connectivity index (χ3v) is 3.52. The highest BCUT2D eigenvalue weighted by Crippen LogP contribution is 2.33. The van der Waals surface area contributed by atoms with Crippen molar-refractivity contribution in [1.82, 2.24) is 10.6 Å². The van der Waals surface area contributed by atoms with Crippen LogP contribution in [0.5, 0.6) is 0 Å². The number of rotatable bonds is 3. The molecule has 3 heteroatoms. The van der Waals surface area contributed by atoms with Crippen molar-refractivity contribution >= 4 is 5.91 Å². The van der Waals surface area contributed by atoms with Crippen LogP contribution in [-0.2, 0) is 4.79 Å². The molecular weight excluding hydrogens is 176 g/mol. The van der Waals surface area contributed by atoms with Gasteiger partial charge in [0.25, 0.3) is 0 Å². The molecule has 1 saturated heterocycles. The first-order chi connectivity index (χ1) is 6.68. The molecule has 3 unspecified atom stereocenters. The number of piperidine rings is 1. The predicted octanol–water partition coefficient (Wildman–Crippen LogP) is 0.899. The fourth-order valence-electron chi connectivity index (χ4n) is 2.21. The second-order valence-electron chi connectivity index (χ2n) is 4.83. The Hall–Kier alpha value is -0.570. The van der Waals surface area contributed by atoms with Crippen LogP contribution in [0, 0.1) is 11.8 Å². The summed E-state index contributed by atoms with van der Waals surface area (Å²) in [7, 11) is 0. The second kappa shape index (κ2) is 3.89. The highest BCUT2D eigenvalue weighted by atomic mass is 16.2. The van der Waals surface area contributed by atoms with Gasteiger partial charge in [0.2, 0.25) is 5.91 Å². The van der Waals surface area contributed by atoms with E-state index in [4.69, 9.17) is 0 Å². The van der Waals surface area contributed by atoms with E-state index in [1.165, 1.54) is 12.8 Å². The molecule has 0 spiro atoms. The van der Waals surface area contributed by atoms with Gasteiger partial charge in [0.15, 0.2) is 0 Å². The normalized spacial score (nSPS) is 35.1. The van der Waals surface area contributed by atoms with E-state index in [1.54, 1.807) is 0 Å². The minimum absolute atomic E-state index is 0.0411. The Bertz CT molecular complexity index is 225. The number of nitrogens with one attached hydrogen (secondary N) is 2. The molecule has 2 aliphatic rings. The lowest BCUT2D eigenvalue weighted by Crippen LogP contribution is -2.55. The molecular formula is C11H20N2O. The largest absolute Gasteiger partial charge is 0.355 e. The van der Waals surface area contributed by atoms with E-state index in [1.807, 2.05) is 0 Å². The van der Waals surface area contributed by atoms with Crippen LogP contribution < -0.4 is 10.6 Å². The molecule has 0 aromatic heterocycles. The molecule has 1 amide bonds. The van der Waals surface area contributed by atoms with Gasteiger partial charge in [-0.1, -0.05) is 6.92 Å². The minimum Gasteiger partial charge on any atom is -0.355 e. The summed E-state index contributed by atoms with van der Waals surface area (Å²) in [5.74, 6) is 1.48. The average Bonchev–Trinajstić information content (AvgIpc) is 2.94. The molecule has 2 fully saturated rings. The van der Waals surface area contributed by atoms with Crippen LogP contribution in [0.15, 0.2) is 0 Å². The van der Waals surface area contributed by atoms with Crippen molar-refractivity contribution in [1.29, 1.82) is 0 Å². The first-order valence-corrected chi connectivity index (χ1v) is 5.72. The lowest BCUT2D eigenvalue weighted by molar-refractivity contribution is -0.126. The number of carbonyl (C=O) groups is 1. The quantitative estimate of drug-likeness (QED) is 0.704. The second-order valence-corrected chi connectivity index (χ2v) is 4.83. The van der Waals surface area contributed by atoms with Crippen molar-refractivity contribution < 1.29 is 4.79 Å². The highest BCUT2D eigenvalue weighted by Gasteiger charge is 2.34. The molecule has 0 radical (unpaired) electrons. The van der Waals surface area contributed by atoms with Crippen LogP contribution in [0.1, 0.15) is 33.1 Å². The van der Waals surface area contributed by atoms with Crippen molar-refractivity contribution in [3.63, 3.8) is 0 Å². The van der Waals surface area contributed by atoms with E-state index < -0.39 is 0 Å². The third-order valence-electron chi connectivity index (χ3n) is 3.52. The Labute approximate surface area is 85.6 Å². The molecule has 2 rings (SSSR count). The maximum absolute atomic E-state index is 11.6. The van der Waals surface area contributed by atoms with Gasteiger partial charge in [-0.25, -0.2) is 0 Å². The van der Waals surface area contributed by atoms with Gasteiger partial charge >= 0.3 is 0 Å². The van der Waals surface area contributed by atoms with Crippen molar-refractivity contribution in [3.8, 4) is 0 Å². The number of hydrogen-bond acceptors (Lipinski definition) is 2. The molecule has 14 heavy (non-hydrogen) atoms. The smallest absolute Gasteiger partial charge is 0.237 e.